The minimum atomic E-state index is 0.488. The summed E-state index contributed by atoms with van der Waals surface area (Å²) in [5.41, 5.74) is 15.9. The molecule has 1 aliphatic rings. The van der Waals surface area contributed by atoms with Gasteiger partial charge in [-0.3, -0.25) is 4.90 Å². The first kappa shape index (κ1) is 47.4. The molecule has 0 radical (unpaired) electrons. The molecule has 0 saturated heterocycles. The van der Waals surface area contributed by atoms with Gasteiger partial charge in [0, 0.05) is 50.6 Å². The van der Waals surface area contributed by atoms with Crippen LogP contribution in [0, 0.1) is 0 Å². The average Bonchev–Trinajstić information content (AvgIpc) is 3.66. The van der Waals surface area contributed by atoms with Gasteiger partial charge in [0.05, 0.1) is 51.1 Å². The fourth-order valence-electron chi connectivity index (χ4n) is 10.6. The first-order chi connectivity index (χ1) is 39.7. The van der Waals surface area contributed by atoms with Crippen LogP contribution in [0.25, 0.3) is 102 Å². The van der Waals surface area contributed by atoms with E-state index in [4.69, 9.17) is 34.9 Å². The highest BCUT2D eigenvalue weighted by molar-refractivity contribution is 6.07. The van der Waals surface area contributed by atoms with Crippen LogP contribution in [-0.4, -0.2) is 34.9 Å². The molecule has 80 heavy (non-hydrogen) atoms. The van der Waals surface area contributed by atoms with Gasteiger partial charge in [0.15, 0.2) is 29.1 Å². The number of benzene rings is 10. The van der Waals surface area contributed by atoms with Crippen LogP contribution in [0.3, 0.4) is 0 Å². The fourth-order valence-corrected chi connectivity index (χ4v) is 10.6. The SMILES string of the molecule is c1ccc(-c2cc(-c3ccc(N4c5ccccc5N(c5cc(-c6ccccc6)nc(-c6ccccc6)n5)c5ccccc54)c(-c4nc(-c5ccccc5)nc(-c5ccccc5)n4)c3-c3ccccc3)nc(-c3ccccc3)n2)cc1. The van der Waals surface area contributed by atoms with Crippen molar-refractivity contribution in [3.8, 4) is 102 Å². The summed E-state index contributed by atoms with van der Waals surface area (Å²) in [6.07, 6.45) is 0. The van der Waals surface area contributed by atoms with Gasteiger partial charge in [-0.05, 0) is 42.0 Å². The lowest BCUT2D eigenvalue weighted by atomic mass is 9.89. The van der Waals surface area contributed by atoms with Crippen molar-refractivity contribution in [1.29, 1.82) is 0 Å². The summed E-state index contributed by atoms with van der Waals surface area (Å²) in [6, 6.07) is 97.4. The van der Waals surface area contributed by atoms with Crippen molar-refractivity contribution in [2.45, 2.75) is 0 Å². The second kappa shape index (κ2) is 20.8. The molecule has 13 aromatic rings. The number of nitrogens with zero attached hydrogens (tertiary/aromatic N) is 9. The zero-order chi connectivity index (χ0) is 53.2. The number of aromatic nitrogens is 7. The highest BCUT2D eigenvalue weighted by Gasteiger charge is 2.35. The van der Waals surface area contributed by atoms with E-state index in [1.54, 1.807) is 0 Å². The fraction of sp³-hybridized carbons (Fsp3) is 0. The van der Waals surface area contributed by atoms with Crippen molar-refractivity contribution < 1.29 is 0 Å². The normalized spacial score (nSPS) is 11.7. The van der Waals surface area contributed by atoms with Gasteiger partial charge in [0.25, 0.3) is 0 Å². The molecule has 376 valence electrons. The summed E-state index contributed by atoms with van der Waals surface area (Å²) in [5.74, 6) is 3.53. The molecule has 0 bridgehead atoms. The Balaban J connectivity index is 1.07. The van der Waals surface area contributed by atoms with E-state index in [1.165, 1.54) is 0 Å². The molecular weight excluding hydrogens is 979 g/mol. The maximum absolute atomic E-state index is 5.55. The van der Waals surface area contributed by atoms with Crippen molar-refractivity contribution in [3.63, 3.8) is 0 Å². The van der Waals surface area contributed by atoms with Gasteiger partial charge in [-0.1, -0.05) is 243 Å². The largest absolute Gasteiger partial charge is 0.306 e. The minimum absolute atomic E-state index is 0.488. The smallest absolute Gasteiger partial charge is 0.166 e. The molecular formula is C71H47N9. The Morgan fingerprint density at radius 1 is 0.200 bits per heavy atom. The Kier molecular flexibility index (Phi) is 12.3. The Labute approximate surface area is 463 Å². The van der Waals surface area contributed by atoms with E-state index in [0.29, 0.717) is 29.1 Å². The van der Waals surface area contributed by atoms with Gasteiger partial charge >= 0.3 is 0 Å². The van der Waals surface area contributed by atoms with E-state index in [9.17, 15) is 0 Å². The minimum Gasteiger partial charge on any atom is -0.306 e. The molecule has 0 saturated carbocycles. The van der Waals surface area contributed by atoms with Crippen molar-refractivity contribution in [3.05, 3.63) is 285 Å². The maximum Gasteiger partial charge on any atom is 0.166 e. The monoisotopic (exact) mass is 1030 g/mol. The van der Waals surface area contributed by atoms with Crippen molar-refractivity contribution in [2.75, 3.05) is 9.80 Å². The molecule has 0 unspecified atom stereocenters. The molecule has 4 heterocycles. The molecule has 0 aliphatic carbocycles. The molecule has 9 heteroatoms. The van der Waals surface area contributed by atoms with Crippen molar-refractivity contribution >= 4 is 34.3 Å². The predicted octanol–water partition coefficient (Wildman–Crippen LogP) is 17.7. The third kappa shape index (κ3) is 9.00. The Morgan fingerprint density at radius 3 is 0.963 bits per heavy atom. The van der Waals surface area contributed by atoms with Gasteiger partial charge in [-0.2, -0.15) is 0 Å². The van der Waals surface area contributed by atoms with Crippen LogP contribution in [0.15, 0.2) is 285 Å². The average molecular weight is 1030 g/mol. The van der Waals surface area contributed by atoms with Crippen LogP contribution in [0.2, 0.25) is 0 Å². The van der Waals surface area contributed by atoms with Crippen LogP contribution in [0.1, 0.15) is 0 Å². The van der Waals surface area contributed by atoms with Gasteiger partial charge in [0.1, 0.15) is 5.82 Å². The maximum atomic E-state index is 5.55. The topological polar surface area (TPSA) is 96.7 Å². The number of anilines is 6. The summed E-state index contributed by atoms with van der Waals surface area (Å²) in [4.78, 5) is 42.2. The zero-order valence-corrected chi connectivity index (χ0v) is 43.2. The second-order valence-corrected chi connectivity index (χ2v) is 19.3. The Morgan fingerprint density at radius 2 is 0.525 bits per heavy atom. The number of hydrogen-bond donors (Lipinski definition) is 0. The van der Waals surface area contributed by atoms with E-state index in [0.717, 1.165) is 107 Å². The highest BCUT2D eigenvalue weighted by Crippen LogP contribution is 2.57. The van der Waals surface area contributed by atoms with E-state index < -0.39 is 0 Å². The van der Waals surface area contributed by atoms with Crippen LogP contribution < -0.4 is 9.80 Å². The number of para-hydroxylation sites is 4. The molecule has 0 atom stereocenters. The molecule has 14 rings (SSSR count). The summed E-state index contributed by atoms with van der Waals surface area (Å²) >= 11 is 0. The molecule has 0 fully saturated rings. The highest BCUT2D eigenvalue weighted by atomic mass is 15.3. The molecule has 1 aliphatic heterocycles. The first-order valence-corrected chi connectivity index (χ1v) is 26.6. The summed E-state index contributed by atoms with van der Waals surface area (Å²) in [7, 11) is 0. The van der Waals surface area contributed by atoms with Crippen LogP contribution >= 0.6 is 0 Å². The van der Waals surface area contributed by atoms with Crippen LogP contribution in [-0.2, 0) is 0 Å². The van der Waals surface area contributed by atoms with Crippen LogP contribution in [0.5, 0.6) is 0 Å². The predicted molar refractivity (Wildman–Crippen MR) is 323 cm³/mol. The molecule has 10 aromatic carbocycles. The van der Waals surface area contributed by atoms with Gasteiger partial charge < -0.3 is 4.90 Å². The summed E-state index contributed by atoms with van der Waals surface area (Å²) in [6.45, 7) is 0. The van der Waals surface area contributed by atoms with E-state index in [1.807, 2.05) is 140 Å². The standard InChI is InChI=1S/C71H47N9/c1-8-26-48(27-9-1)56-46-58(74-67(72-56)51-32-14-4-15-33-51)55-44-45-63(66(65(55)50-30-12-3-13-31-50)71-77-69(53-36-18-6-19-37-53)76-70(78-71)54-38-20-7-21-39-54)79-59-40-22-24-42-61(59)80(62-43-25-23-41-60(62)79)64-47-57(49-28-10-2-11-29-49)73-68(75-64)52-34-16-5-17-35-52/h1-47H. The van der Waals surface area contributed by atoms with E-state index in [2.05, 4.69) is 155 Å². The second-order valence-electron chi connectivity index (χ2n) is 19.3. The quantitative estimate of drug-likeness (QED) is 0.125. The molecule has 0 spiro atoms. The van der Waals surface area contributed by atoms with Crippen molar-refractivity contribution in [1.82, 2.24) is 34.9 Å². The summed E-state index contributed by atoms with van der Waals surface area (Å²) < 4.78 is 0. The Bertz CT molecular complexity index is 4120. The van der Waals surface area contributed by atoms with E-state index in [-0.39, 0.29) is 0 Å². The lowest BCUT2D eigenvalue weighted by Crippen LogP contribution is -2.25. The number of fused-ring (bicyclic) bond motifs is 2. The van der Waals surface area contributed by atoms with Gasteiger partial charge in [-0.25, -0.2) is 34.9 Å². The van der Waals surface area contributed by atoms with Gasteiger partial charge in [-0.15, -0.1) is 0 Å². The lowest BCUT2D eigenvalue weighted by Gasteiger charge is -2.40. The molecule has 9 nitrogen and oxygen atoms in total. The third-order valence-electron chi connectivity index (χ3n) is 14.3. The number of hydrogen-bond acceptors (Lipinski definition) is 9. The number of rotatable bonds is 11. The lowest BCUT2D eigenvalue weighted by molar-refractivity contribution is 1.07. The molecule has 0 amide bonds. The van der Waals surface area contributed by atoms with Crippen LogP contribution in [0.4, 0.5) is 34.3 Å². The van der Waals surface area contributed by atoms with Gasteiger partial charge in [0.2, 0.25) is 0 Å². The molecule has 3 aromatic heterocycles. The first-order valence-electron chi connectivity index (χ1n) is 26.6. The molecule has 0 N–H and O–H groups in total. The van der Waals surface area contributed by atoms with E-state index >= 15 is 0 Å². The Hall–Kier alpha value is -11.0. The summed E-state index contributed by atoms with van der Waals surface area (Å²) in [5, 5.41) is 0. The zero-order valence-electron chi connectivity index (χ0n) is 43.2. The third-order valence-corrected chi connectivity index (χ3v) is 14.3. The van der Waals surface area contributed by atoms with Crippen molar-refractivity contribution in [2.24, 2.45) is 0 Å².